The Labute approximate surface area is 123 Å². The monoisotopic (exact) mass is 276 g/mol. The maximum atomic E-state index is 5.29. The number of rotatable bonds is 6. The second-order valence-corrected chi connectivity index (χ2v) is 5.63. The molecule has 1 heterocycles. The van der Waals surface area contributed by atoms with Gasteiger partial charge in [-0.2, -0.15) is 0 Å². The summed E-state index contributed by atoms with van der Waals surface area (Å²) in [7, 11) is 1.73. The molecule has 0 atom stereocenters. The first-order valence-electron chi connectivity index (χ1n) is 7.86. The zero-order valence-corrected chi connectivity index (χ0v) is 13.1. The Morgan fingerprint density at radius 2 is 1.80 bits per heavy atom. The van der Waals surface area contributed by atoms with E-state index in [1.807, 2.05) is 6.07 Å². The highest BCUT2D eigenvalue weighted by Gasteiger charge is 2.21. The van der Waals surface area contributed by atoms with Crippen molar-refractivity contribution in [3.05, 3.63) is 29.8 Å². The molecule has 0 saturated carbocycles. The first-order chi connectivity index (χ1) is 9.76. The highest BCUT2D eigenvalue weighted by Crippen LogP contribution is 2.17. The molecule has 0 aliphatic carbocycles. The summed E-state index contributed by atoms with van der Waals surface area (Å²) in [5.41, 5.74) is 1.35. The van der Waals surface area contributed by atoms with Gasteiger partial charge >= 0.3 is 0 Å². The van der Waals surface area contributed by atoms with Gasteiger partial charge in [-0.3, -0.25) is 9.80 Å². The molecule has 20 heavy (non-hydrogen) atoms. The van der Waals surface area contributed by atoms with Crippen LogP contribution >= 0.6 is 0 Å². The molecule has 0 N–H and O–H groups in total. The Balaban J connectivity index is 1.84. The van der Waals surface area contributed by atoms with E-state index in [2.05, 4.69) is 41.8 Å². The van der Waals surface area contributed by atoms with Crippen LogP contribution in [0.1, 0.15) is 32.3 Å². The van der Waals surface area contributed by atoms with Gasteiger partial charge in [0.05, 0.1) is 7.11 Å². The SMILES string of the molecule is CCC(CC)N1CCN(Cc2cccc(OC)c2)CC1. The van der Waals surface area contributed by atoms with Crippen molar-refractivity contribution in [1.82, 2.24) is 9.80 Å². The van der Waals surface area contributed by atoms with E-state index in [1.165, 1.54) is 44.6 Å². The normalized spacial score (nSPS) is 17.6. The largest absolute Gasteiger partial charge is 0.497 e. The molecule has 0 aromatic heterocycles. The molecule has 0 bridgehead atoms. The van der Waals surface area contributed by atoms with E-state index in [4.69, 9.17) is 4.74 Å². The fraction of sp³-hybridized carbons (Fsp3) is 0.647. The maximum Gasteiger partial charge on any atom is 0.119 e. The lowest BCUT2D eigenvalue weighted by atomic mass is 10.1. The second-order valence-electron chi connectivity index (χ2n) is 5.63. The molecule has 1 aromatic carbocycles. The Hall–Kier alpha value is -1.06. The van der Waals surface area contributed by atoms with Crippen molar-refractivity contribution in [2.45, 2.75) is 39.3 Å². The molecule has 0 amide bonds. The van der Waals surface area contributed by atoms with Crippen molar-refractivity contribution in [1.29, 1.82) is 0 Å². The number of benzene rings is 1. The van der Waals surface area contributed by atoms with Crippen molar-refractivity contribution in [3.8, 4) is 5.75 Å². The average Bonchev–Trinajstić information content (AvgIpc) is 2.50. The molecule has 3 nitrogen and oxygen atoms in total. The summed E-state index contributed by atoms with van der Waals surface area (Å²) < 4.78 is 5.29. The lowest BCUT2D eigenvalue weighted by Crippen LogP contribution is -2.49. The predicted octanol–water partition coefficient (Wildman–Crippen LogP) is 3.00. The highest BCUT2D eigenvalue weighted by molar-refractivity contribution is 5.28. The number of hydrogen-bond donors (Lipinski definition) is 0. The van der Waals surface area contributed by atoms with Crippen LogP contribution in [0.25, 0.3) is 0 Å². The average molecular weight is 276 g/mol. The van der Waals surface area contributed by atoms with Gasteiger partial charge in [-0.1, -0.05) is 26.0 Å². The molecule has 1 aromatic rings. The van der Waals surface area contributed by atoms with Crippen LogP contribution in [0, 0.1) is 0 Å². The minimum atomic E-state index is 0.772. The number of hydrogen-bond acceptors (Lipinski definition) is 3. The highest BCUT2D eigenvalue weighted by atomic mass is 16.5. The molecule has 0 spiro atoms. The van der Waals surface area contributed by atoms with Gasteiger partial charge in [-0.05, 0) is 30.5 Å². The van der Waals surface area contributed by atoms with Crippen LogP contribution in [-0.2, 0) is 6.54 Å². The number of methoxy groups -OCH3 is 1. The Kier molecular flexibility index (Phi) is 5.86. The summed E-state index contributed by atoms with van der Waals surface area (Å²) in [6, 6.07) is 9.20. The Bertz CT molecular complexity index is 396. The van der Waals surface area contributed by atoms with Gasteiger partial charge in [-0.25, -0.2) is 0 Å². The molecule has 1 aliphatic heterocycles. The summed E-state index contributed by atoms with van der Waals surface area (Å²) in [5, 5.41) is 0. The molecular weight excluding hydrogens is 248 g/mol. The maximum absolute atomic E-state index is 5.29. The third-order valence-corrected chi connectivity index (χ3v) is 4.41. The lowest BCUT2D eigenvalue weighted by Gasteiger charge is -2.38. The van der Waals surface area contributed by atoms with E-state index in [0.29, 0.717) is 0 Å². The first-order valence-corrected chi connectivity index (χ1v) is 7.86. The summed E-state index contributed by atoms with van der Waals surface area (Å²) in [4.78, 5) is 5.20. The zero-order chi connectivity index (χ0) is 14.4. The van der Waals surface area contributed by atoms with E-state index < -0.39 is 0 Å². The van der Waals surface area contributed by atoms with E-state index in [1.54, 1.807) is 7.11 Å². The summed E-state index contributed by atoms with van der Waals surface area (Å²) in [6.07, 6.45) is 2.54. The fourth-order valence-electron chi connectivity index (χ4n) is 3.12. The van der Waals surface area contributed by atoms with Crippen LogP contribution < -0.4 is 4.74 Å². The predicted molar refractivity (Wildman–Crippen MR) is 84.2 cm³/mol. The van der Waals surface area contributed by atoms with Gasteiger partial charge in [0.15, 0.2) is 0 Å². The number of ether oxygens (including phenoxy) is 1. The molecule has 2 rings (SSSR count). The van der Waals surface area contributed by atoms with Gasteiger partial charge in [0.2, 0.25) is 0 Å². The van der Waals surface area contributed by atoms with Crippen molar-refractivity contribution < 1.29 is 4.74 Å². The molecule has 112 valence electrons. The molecule has 3 heteroatoms. The van der Waals surface area contributed by atoms with Gasteiger partial charge < -0.3 is 4.74 Å². The van der Waals surface area contributed by atoms with Crippen LogP contribution in [0.5, 0.6) is 5.75 Å². The third-order valence-electron chi connectivity index (χ3n) is 4.41. The molecular formula is C17H28N2O. The van der Waals surface area contributed by atoms with Gasteiger partial charge in [0, 0.05) is 38.8 Å². The second kappa shape index (κ2) is 7.65. The van der Waals surface area contributed by atoms with E-state index in [9.17, 15) is 0 Å². The molecule has 0 unspecified atom stereocenters. The quantitative estimate of drug-likeness (QED) is 0.794. The van der Waals surface area contributed by atoms with Gasteiger partial charge in [0.1, 0.15) is 5.75 Å². The van der Waals surface area contributed by atoms with Crippen molar-refractivity contribution in [2.75, 3.05) is 33.3 Å². The smallest absolute Gasteiger partial charge is 0.119 e. The Morgan fingerprint density at radius 3 is 2.40 bits per heavy atom. The van der Waals surface area contributed by atoms with E-state index in [0.717, 1.165) is 18.3 Å². The van der Waals surface area contributed by atoms with Gasteiger partial charge in [-0.15, -0.1) is 0 Å². The molecule has 0 radical (unpaired) electrons. The molecule has 1 saturated heterocycles. The minimum Gasteiger partial charge on any atom is -0.497 e. The standard InChI is InChI=1S/C17H28N2O/c1-4-16(5-2)19-11-9-18(10-12-19)14-15-7-6-8-17(13-15)20-3/h6-8,13,16H,4-5,9-12,14H2,1-3H3. The zero-order valence-electron chi connectivity index (χ0n) is 13.1. The van der Waals surface area contributed by atoms with Crippen molar-refractivity contribution in [2.24, 2.45) is 0 Å². The lowest BCUT2D eigenvalue weighted by molar-refractivity contribution is 0.0881. The first kappa shape index (κ1) is 15.3. The minimum absolute atomic E-state index is 0.772. The summed E-state index contributed by atoms with van der Waals surface area (Å²) >= 11 is 0. The van der Waals surface area contributed by atoms with Crippen LogP contribution in [0.4, 0.5) is 0 Å². The third kappa shape index (κ3) is 3.97. The fourth-order valence-corrected chi connectivity index (χ4v) is 3.12. The van der Waals surface area contributed by atoms with Crippen molar-refractivity contribution >= 4 is 0 Å². The topological polar surface area (TPSA) is 15.7 Å². The van der Waals surface area contributed by atoms with E-state index in [-0.39, 0.29) is 0 Å². The van der Waals surface area contributed by atoms with Crippen LogP contribution in [0.15, 0.2) is 24.3 Å². The summed E-state index contributed by atoms with van der Waals surface area (Å²) in [6.45, 7) is 10.4. The van der Waals surface area contributed by atoms with Crippen LogP contribution in [0.2, 0.25) is 0 Å². The van der Waals surface area contributed by atoms with Gasteiger partial charge in [0.25, 0.3) is 0 Å². The number of piperazine rings is 1. The Morgan fingerprint density at radius 1 is 1.10 bits per heavy atom. The van der Waals surface area contributed by atoms with Crippen LogP contribution in [-0.4, -0.2) is 49.1 Å². The molecule has 1 aliphatic rings. The number of nitrogens with zero attached hydrogens (tertiary/aromatic N) is 2. The van der Waals surface area contributed by atoms with Crippen molar-refractivity contribution in [3.63, 3.8) is 0 Å². The van der Waals surface area contributed by atoms with Crippen LogP contribution in [0.3, 0.4) is 0 Å². The van der Waals surface area contributed by atoms with E-state index >= 15 is 0 Å². The molecule has 1 fully saturated rings. The summed E-state index contributed by atoms with van der Waals surface area (Å²) in [5.74, 6) is 0.957.